The number of aliphatic hydroxyl groups excluding tert-OH is 1. The molecule has 1 amide bonds. The third-order valence-corrected chi connectivity index (χ3v) is 1.95. The van der Waals surface area contributed by atoms with Crippen molar-refractivity contribution in [3.63, 3.8) is 0 Å². The van der Waals surface area contributed by atoms with Gasteiger partial charge in [0.2, 0.25) is 23.1 Å². The fourth-order valence-corrected chi connectivity index (χ4v) is 1.06. The Hall–Kier alpha value is -1.67. The first-order chi connectivity index (χ1) is 7.90. The number of nitrogens with two attached hydrogens (primary N) is 1. The number of hydrogen-bond donors (Lipinski definition) is 3. The van der Waals surface area contributed by atoms with Crippen LogP contribution in [0.3, 0.4) is 0 Å². The average Bonchev–Trinajstić information content (AvgIpc) is 2.24. The molecule has 0 fully saturated rings. The lowest BCUT2D eigenvalue weighted by atomic mass is 10.3. The molecule has 0 bridgehead atoms. The van der Waals surface area contributed by atoms with E-state index in [0.717, 1.165) is 0 Å². The van der Waals surface area contributed by atoms with E-state index in [1.165, 1.54) is 0 Å². The molecule has 17 heavy (non-hydrogen) atoms. The molecule has 0 spiro atoms. The van der Waals surface area contributed by atoms with Crippen molar-refractivity contribution in [1.82, 2.24) is 15.0 Å². The molecule has 1 aromatic heterocycles. The molecule has 0 radical (unpaired) electrons. The Labute approximate surface area is 103 Å². The summed E-state index contributed by atoms with van der Waals surface area (Å²) in [6.07, 6.45) is -1.31. The molecule has 0 aromatic carbocycles. The summed E-state index contributed by atoms with van der Waals surface area (Å²) in [5.74, 6) is -0.305. The molecule has 0 aliphatic rings. The summed E-state index contributed by atoms with van der Waals surface area (Å²) >= 11 is 5.69. The van der Waals surface area contributed by atoms with Gasteiger partial charge in [-0.2, -0.15) is 15.0 Å². The predicted molar refractivity (Wildman–Crippen MR) is 62.9 cm³/mol. The lowest BCUT2D eigenvalue weighted by molar-refractivity contribution is -0.125. The van der Waals surface area contributed by atoms with Gasteiger partial charge < -0.3 is 21.1 Å². The van der Waals surface area contributed by atoms with Crippen molar-refractivity contribution in [1.29, 1.82) is 0 Å². The number of aliphatic hydroxyl groups is 1. The summed E-state index contributed by atoms with van der Waals surface area (Å²) in [6.45, 7) is -0.0947. The van der Waals surface area contributed by atoms with E-state index in [2.05, 4.69) is 20.3 Å². The normalized spacial score (nSPS) is 12.0. The van der Waals surface area contributed by atoms with E-state index in [0.29, 0.717) is 5.95 Å². The Morgan fingerprint density at radius 1 is 1.53 bits per heavy atom. The number of halogens is 1. The standard InChI is InChI=1S/C8H13ClN6O2/c1-15(2)8-13-6(9)12-7(14-8)11-3-4(16)5(10)17/h4,16H,3H2,1-2H3,(H2,10,17)(H,11,12,13,14). The number of hydrogen-bond acceptors (Lipinski definition) is 7. The summed E-state index contributed by atoms with van der Waals surface area (Å²) in [4.78, 5) is 23.9. The topological polar surface area (TPSA) is 117 Å². The van der Waals surface area contributed by atoms with Crippen LogP contribution in [0.4, 0.5) is 11.9 Å². The van der Waals surface area contributed by atoms with Gasteiger partial charge in [-0.15, -0.1) is 0 Å². The smallest absolute Gasteiger partial charge is 0.248 e. The van der Waals surface area contributed by atoms with Crippen molar-refractivity contribution < 1.29 is 9.90 Å². The van der Waals surface area contributed by atoms with Gasteiger partial charge in [-0.3, -0.25) is 4.79 Å². The Balaban J connectivity index is 2.74. The highest BCUT2D eigenvalue weighted by atomic mass is 35.5. The second kappa shape index (κ2) is 5.60. The van der Waals surface area contributed by atoms with E-state index in [-0.39, 0.29) is 17.8 Å². The van der Waals surface area contributed by atoms with Crippen molar-refractivity contribution in [3.8, 4) is 0 Å². The van der Waals surface area contributed by atoms with E-state index in [9.17, 15) is 9.90 Å². The molecule has 1 atom stereocenters. The molecule has 1 aromatic rings. The second-order valence-corrected chi connectivity index (χ2v) is 3.76. The number of amides is 1. The molecule has 94 valence electrons. The number of nitrogens with one attached hydrogen (secondary N) is 1. The number of anilines is 2. The van der Waals surface area contributed by atoms with Gasteiger partial charge in [0.25, 0.3) is 0 Å². The highest BCUT2D eigenvalue weighted by Gasteiger charge is 2.12. The maximum absolute atomic E-state index is 10.6. The van der Waals surface area contributed by atoms with E-state index in [4.69, 9.17) is 17.3 Å². The van der Waals surface area contributed by atoms with E-state index in [1.54, 1.807) is 19.0 Å². The molecule has 9 heteroatoms. The van der Waals surface area contributed by atoms with Crippen molar-refractivity contribution >= 4 is 29.4 Å². The number of carbonyl (C=O) groups is 1. The Morgan fingerprint density at radius 3 is 2.71 bits per heavy atom. The van der Waals surface area contributed by atoms with Crippen LogP contribution in [0, 0.1) is 0 Å². The lowest BCUT2D eigenvalue weighted by Gasteiger charge is -2.12. The van der Waals surface area contributed by atoms with Crippen LogP contribution in [0.2, 0.25) is 5.28 Å². The van der Waals surface area contributed by atoms with Gasteiger partial charge in [0, 0.05) is 14.1 Å². The average molecular weight is 261 g/mol. The van der Waals surface area contributed by atoms with Gasteiger partial charge in [0.05, 0.1) is 6.54 Å². The first-order valence-corrected chi connectivity index (χ1v) is 5.08. The van der Waals surface area contributed by atoms with Crippen LogP contribution in [-0.4, -0.2) is 52.7 Å². The highest BCUT2D eigenvalue weighted by molar-refractivity contribution is 6.28. The van der Waals surface area contributed by atoms with Crippen LogP contribution in [0.15, 0.2) is 0 Å². The molecule has 8 nitrogen and oxygen atoms in total. The van der Waals surface area contributed by atoms with E-state index in [1.807, 2.05) is 0 Å². The summed E-state index contributed by atoms with van der Waals surface area (Å²) in [7, 11) is 3.49. The molecule has 0 aliphatic heterocycles. The third kappa shape index (κ3) is 4.00. The fourth-order valence-electron chi connectivity index (χ4n) is 0.907. The summed E-state index contributed by atoms with van der Waals surface area (Å²) in [5, 5.41) is 11.8. The largest absolute Gasteiger partial charge is 0.381 e. The van der Waals surface area contributed by atoms with E-state index < -0.39 is 12.0 Å². The molecule has 1 rings (SSSR count). The minimum absolute atomic E-state index is 0.0137. The van der Waals surface area contributed by atoms with Gasteiger partial charge >= 0.3 is 0 Å². The molecule has 1 unspecified atom stereocenters. The first kappa shape index (κ1) is 13.4. The molecule has 1 heterocycles. The zero-order valence-electron chi connectivity index (χ0n) is 9.38. The predicted octanol–water partition coefficient (Wildman–Crippen LogP) is -1.15. The molecule has 0 saturated heterocycles. The summed E-state index contributed by atoms with van der Waals surface area (Å²) in [5.41, 5.74) is 4.89. The van der Waals surface area contributed by atoms with Crippen LogP contribution < -0.4 is 16.0 Å². The van der Waals surface area contributed by atoms with Gasteiger partial charge in [-0.1, -0.05) is 0 Å². The quantitative estimate of drug-likeness (QED) is 0.612. The van der Waals surface area contributed by atoms with Gasteiger partial charge in [-0.05, 0) is 11.6 Å². The van der Waals surface area contributed by atoms with Crippen LogP contribution in [0.25, 0.3) is 0 Å². The van der Waals surface area contributed by atoms with Gasteiger partial charge in [0.1, 0.15) is 6.10 Å². The number of nitrogens with zero attached hydrogens (tertiary/aromatic N) is 4. The highest BCUT2D eigenvalue weighted by Crippen LogP contribution is 2.11. The van der Waals surface area contributed by atoms with Crippen molar-refractivity contribution in [2.24, 2.45) is 5.73 Å². The second-order valence-electron chi connectivity index (χ2n) is 3.42. The maximum atomic E-state index is 10.6. The first-order valence-electron chi connectivity index (χ1n) is 4.70. The number of carbonyl (C=O) groups excluding carboxylic acids is 1. The van der Waals surface area contributed by atoms with Gasteiger partial charge in [0.15, 0.2) is 0 Å². The van der Waals surface area contributed by atoms with Crippen LogP contribution in [0.5, 0.6) is 0 Å². The third-order valence-electron chi connectivity index (χ3n) is 1.78. The van der Waals surface area contributed by atoms with Crippen LogP contribution in [0.1, 0.15) is 0 Å². The summed E-state index contributed by atoms with van der Waals surface area (Å²) < 4.78 is 0. The Morgan fingerprint density at radius 2 is 2.18 bits per heavy atom. The Kier molecular flexibility index (Phi) is 4.41. The monoisotopic (exact) mass is 260 g/mol. The lowest BCUT2D eigenvalue weighted by Crippen LogP contribution is -2.34. The minimum Gasteiger partial charge on any atom is -0.381 e. The molecular formula is C8H13ClN6O2. The molecule has 0 aliphatic carbocycles. The zero-order valence-corrected chi connectivity index (χ0v) is 10.1. The SMILES string of the molecule is CN(C)c1nc(Cl)nc(NCC(O)C(N)=O)n1. The van der Waals surface area contributed by atoms with Crippen LogP contribution in [-0.2, 0) is 4.79 Å². The van der Waals surface area contributed by atoms with Crippen molar-refractivity contribution in [3.05, 3.63) is 5.28 Å². The number of primary amides is 1. The maximum Gasteiger partial charge on any atom is 0.248 e. The van der Waals surface area contributed by atoms with Crippen LogP contribution >= 0.6 is 11.6 Å². The molecule has 4 N–H and O–H groups in total. The minimum atomic E-state index is -1.31. The summed E-state index contributed by atoms with van der Waals surface area (Å²) in [6, 6.07) is 0. The molecule has 0 saturated carbocycles. The van der Waals surface area contributed by atoms with Gasteiger partial charge in [-0.25, -0.2) is 0 Å². The Bertz CT molecular complexity index is 413. The fraction of sp³-hybridized carbons (Fsp3) is 0.500. The zero-order chi connectivity index (χ0) is 13.0. The number of aromatic nitrogens is 3. The van der Waals surface area contributed by atoms with Crippen molar-refractivity contribution in [2.45, 2.75) is 6.10 Å². The van der Waals surface area contributed by atoms with Crippen molar-refractivity contribution in [2.75, 3.05) is 30.9 Å². The molecular weight excluding hydrogens is 248 g/mol. The van der Waals surface area contributed by atoms with E-state index >= 15 is 0 Å². The number of rotatable bonds is 5.